The second-order valence-electron chi connectivity index (χ2n) is 4.03. The van der Waals surface area contributed by atoms with Crippen molar-refractivity contribution in [3.63, 3.8) is 0 Å². The lowest BCUT2D eigenvalue weighted by Crippen LogP contribution is -2.18. The molecule has 0 unspecified atom stereocenters. The summed E-state index contributed by atoms with van der Waals surface area (Å²) >= 11 is 3.24. The Morgan fingerprint density at radius 2 is 2.42 bits per heavy atom. The molecule has 0 aliphatic carbocycles. The lowest BCUT2D eigenvalue weighted by atomic mass is 10.3. The number of hydrogen-bond acceptors (Lipinski definition) is 6. The standard InChI is InChI=1S/C12H14N4OS2/c1-17-11-10(16-4-5-19-12(16)15-11)6-13-3-2-9-7-18-8-14-9/h4-5,7-8,13H,2-3,6H2,1H3. The van der Waals surface area contributed by atoms with Crippen LogP contribution in [0.3, 0.4) is 0 Å². The van der Waals surface area contributed by atoms with Crippen LogP contribution in [-0.2, 0) is 13.0 Å². The number of hydrogen-bond donors (Lipinski definition) is 1. The van der Waals surface area contributed by atoms with Gasteiger partial charge in [-0.05, 0) is 0 Å². The summed E-state index contributed by atoms with van der Waals surface area (Å²) in [6.45, 7) is 1.63. The molecule has 3 aromatic rings. The summed E-state index contributed by atoms with van der Waals surface area (Å²) in [6.07, 6.45) is 2.96. The average Bonchev–Trinajstić information content (AvgIpc) is 3.12. The molecule has 0 saturated heterocycles. The topological polar surface area (TPSA) is 51.5 Å². The Bertz CT molecular complexity index is 644. The molecule has 19 heavy (non-hydrogen) atoms. The maximum Gasteiger partial charge on any atom is 0.237 e. The second-order valence-corrected chi connectivity index (χ2v) is 5.62. The SMILES string of the molecule is COc1nc2sccn2c1CNCCc1cscn1. The maximum atomic E-state index is 5.32. The van der Waals surface area contributed by atoms with Crippen LogP contribution in [-0.4, -0.2) is 28.0 Å². The van der Waals surface area contributed by atoms with Gasteiger partial charge in [-0.2, -0.15) is 4.98 Å². The smallest absolute Gasteiger partial charge is 0.237 e. The quantitative estimate of drug-likeness (QED) is 0.708. The van der Waals surface area contributed by atoms with E-state index in [1.165, 1.54) is 0 Å². The average molecular weight is 294 g/mol. The van der Waals surface area contributed by atoms with Crippen molar-refractivity contribution in [1.29, 1.82) is 0 Å². The number of ether oxygens (including phenoxy) is 1. The normalized spacial score (nSPS) is 11.2. The molecule has 5 nitrogen and oxygen atoms in total. The van der Waals surface area contributed by atoms with Gasteiger partial charge in [0, 0.05) is 36.5 Å². The van der Waals surface area contributed by atoms with E-state index in [2.05, 4.69) is 25.1 Å². The summed E-state index contributed by atoms with van der Waals surface area (Å²) in [5.41, 5.74) is 4.07. The van der Waals surface area contributed by atoms with Gasteiger partial charge in [-0.15, -0.1) is 22.7 Å². The first-order valence-corrected chi connectivity index (χ1v) is 7.77. The van der Waals surface area contributed by atoms with Crippen molar-refractivity contribution in [3.8, 4) is 5.88 Å². The van der Waals surface area contributed by atoms with Gasteiger partial charge in [-0.25, -0.2) is 4.98 Å². The van der Waals surface area contributed by atoms with Gasteiger partial charge in [0.25, 0.3) is 0 Å². The fraction of sp³-hybridized carbons (Fsp3) is 0.333. The fourth-order valence-corrected chi connectivity index (χ4v) is 3.24. The molecule has 0 aromatic carbocycles. The Labute approximate surface area is 118 Å². The van der Waals surface area contributed by atoms with Crippen LogP contribution < -0.4 is 10.1 Å². The molecule has 100 valence electrons. The first kappa shape index (κ1) is 12.6. The van der Waals surface area contributed by atoms with Crippen molar-refractivity contribution < 1.29 is 4.74 Å². The van der Waals surface area contributed by atoms with Gasteiger partial charge in [0.1, 0.15) is 5.69 Å². The van der Waals surface area contributed by atoms with Gasteiger partial charge in [-0.1, -0.05) is 0 Å². The van der Waals surface area contributed by atoms with Crippen molar-refractivity contribution in [2.75, 3.05) is 13.7 Å². The number of aromatic nitrogens is 3. The van der Waals surface area contributed by atoms with Gasteiger partial charge in [0.15, 0.2) is 4.96 Å². The summed E-state index contributed by atoms with van der Waals surface area (Å²) < 4.78 is 7.38. The van der Waals surface area contributed by atoms with Crippen LogP contribution in [0.1, 0.15) is 11.4 Å². The van der Waals surface area contributed by atoms with E-state index < -0.39 is 0 Å². The highest BCUT2D eigenvalue weighted by atomic mass is 32.1. The van der Waals surface area contributed by atoms with Crippen LogP contribution in [0.15, 0.2) is 22.5 Å². The van der Waals surface area contributed by atoms with Crippen LogP contribution in [0.4, 0.5) is 0 Å². The molecule has 0 atom stereocenters. The van der Waals surface area contributed by atoms with E-state index in [0.29, 0.717) is 5.88 Å². The molecule has 0 amide bonds. The zero-order valence-corrected chi connectivity index (χ0v) is 12.1. The van der Waals surface area contributed by atoms with Crippen molar-refractivity contribution in [1.82, 2.24) is 19.7 Å². The summed E-state index contributed by atoms with van der Waals surface area (Å²) in [7, 11) is 1.66. The number of fused-ring (bicyclic) bond motifs is 1. The molecule has 0 spiro atoms. The summed E-state index contributed by atoms with van der Waals surface area (Å²) in [5, 5.41) is 7.52. The molecule has 0 aliphatic rings. The van der Waals surface area contributed by atoms with E-state index in [-0.39, 0.29) is 0 Å². The molecule has 0 saturated carbocycles. The zero-order chi connectivity index (χ0) is 13.1. The molecule has 7 heteroatoms. The monoisotopic (exact) mass is 294 g/mol. The second kappa shape index (κ2) is 5.68. The number of nitrogens with one attached hydrogen (secondary N) is 1. The molecule has 0 aliphatic heterocycles. The summed E-state index contributed by atoms with van der Waals surface area (Å²) in [6, 6.07) is 0. The Kier molecular flexibility index (Phi) is 3.77. The van der Waals surface area contributed by atoms with Gasteiger partial charge in [0.2, 0.25) is 5.88 Å². The third kappa shape index (κ3) is 2.63. The van der Waals surface area contributed by atoms with Crippen LogP contribution in [0.2, 0.25) is 0 Å². The van der Waals surface area contributed by atoms with E-state index in [0.717, 1.165) is 35.9 Å². The van der Waals surface area contributed by atoms with Crippen molar-refractivity contribution >= 4 is 27.6 Å². The van der Waals surface area contributed by atoms with E-state index in [1.807, 2.05) is 17.1 Å². The highest BCUT2D eigenvalue weighted by Crippen LogP contribution is 2.22. The van der Waals surface area contributed by atoms with Crippen molar-refractivity contribution in [2.24, 2.45) is 0 Å². The third-order valence-corrected chi connectivity index (χ3v) is 4.24. The van der Waals surface area contributed by atoms with Crippen LogP contribution in [0, 0.1) is 0 Å². The largest absolute Gasteiger partial charge is 0.480 e. The van der Waals surface area contributed by atoms with E-state index in [9.17, 15) is 0 Å². The Morgan fingerprint density at radius 1 is 1.47 bits per heavy atom. The van der Waals surface area contributed by atoms with Crippen LogP contribution >= 0.6 is 22.7 Å². The summed E-state index contributed by atoms with van der Waals surface area (Å²) in [4.78, 5) is 9.66. The Balaban J connectivity index is 1.62. The van der Waals surface area contributed by atoms with E-state index in [4.69, 9.17) is 4.74 Å². The molecule has 0 fully saturated rings. The van der Waals surface area contributed by atoms with Crippen molar-refractivity contribution in [3.05, 3.63) is 33.9 Å². The van der Waals surface area contributed by atoms with E-state index in [1.54, 1.807) is 29.8 Å². The molecule has 0 bridgehead atoms. The third-order valence-electron chi connectivity index (χ3n) is 2.85. The number of thiazole rings is 2. The molecular weight excluding hydrogens is 280 g/mol. The molecule has 3 rings (SSSR count). The highest BCUT2D eigenvalue weighted by molar-refractivity contribution is 7.15. The molecular formula is C12H14N4OS2. The van der Waals surface area contributed by atoms with Gasteiger partial charge in [-0.3, -0.25) is 4.40 Å². The van der Waals surface area contributed by atoms with Gasteiger partial charge >= 0.3 is 0 Å². The van der Waals surface area contributed by atoms with Gasteiger partial charge < -0.3 is 10.1 Å². The minimum absolute atomic E-state index is 0.702. The number of imidazole rings is 1. The lowest BCUT2D eigenvalue weighted by Gasteiger charge is -2.04. The first-order chi connectivity index (χ1) is 9.38. The summed E-state index contributed by atoms with van der Waals surface area (Å²) in [5.74, 6) is 0.702. The Hall–Kier alpha value is -1.44. The fourth-order valence-electron chi connectivity index (χ4n) is 1.92. The van der Waals surface area contributed by atoms with Crippen LogP contribution in [0.25, 0.3) is 4.96 Å². The lowest BCUT2D eigenvalue weighted by molar-refractivity contribution is 0.393. The number of rotatable bonds is 6. The number of nitrogens with zero attached hydrogens (tertiary/aromatic N) is 3. The molecule has 3 heterocycles. The van der Waals surface area contributed by atoms with Crippen molar-refractivity contribution in [2.45, 2.75) is 13.0 Å². The predicted octanol–water partition coefficient (Wildman–Crippen LogP) is 2.19. The van der Waals surface area contributed by atoms with Crippen LogP contribution in [0.5, 0.6) is 5.88 Å². The zero-order valence-electron chi connectivity index (χ0n) is 10.5. The minimum Gasteiger partial charge on any atom is -0.480 e. The number of methoxy groups -OCH3 is 1. The molecule has 3 aromatic heterocycles. The van der Waals surface area contributed by atoms with E-state index >= 15 is 0 Å². The molecule has 0 radical (unpaired) electrons. The first-order valence-electron chi connectivity index (χ1n) is 5.94. The minimum atomic E-state index is 0.702. The van der Waals surface area contributed by atoms with Gasteiger partial charge in [0.05, 0.1) is 18.3 Å². The maximum absolute atomic E-state index is 5.32. The Morgan fingerprint density at radius 3 is 3.21 bits per heavy atom. The highest BCUT2D eigenvalue weighted by Gasteiger charge is 2.12. The predicted molar refractivity (Wildman–Crippen MR) is 77.1 cm³/mol. The molecule has 1 N–H and O–H groups in total.